The van der Waals surface area contributed by atoms with Crippen LogP contribution in [-0.4, -0.2) is 58.9 Å². The van der Waals surface area contributed by atoms with Gasteiger partial charge in [-0.1, -0.05) is 54.2 Å². The van der Waals surface area contributed by atoms with Gasteiger partial charge >= 0.3 is 5.97 Å². The normalized spacial score (nSPS) is 14.1. The summed E-state index contributed by atoms with van der Waals surface area (Å²) < 4.78 is 12.8. The number of aromatic nitrogens is 2. The zero-order valence-electron chi connectivity index (χ0n) is 19.5. The molecule has 2 aromatic carbocycles. The highest BCUT2D eigenvalue weighted by Crippen LogP contribution is 2.34. The van der Waals surface area contributed by atoms with Gasteiger partial charge in [-0.25, -0.2) is 4.98 Å². The van der Waals surface area contributed by atoms with Crippen molar-refractivity contribution in [3.8, 4) is 22.7 Å². The third kappa shape index (κ3) is 5.28. The number of nitrogens with zero attached hydrogens (tertiary/aromatic N) is 3. The van der Waals surface area contributed by atoms with E-state index in [-0.39, 0.29) is 23.5 Å². The number of ether oxygens (including phenoxy) is 2. The number of para-hydroxylation sites is 2. The summed E-state index contributed by atoms with van der Waals surface area (Å²) in [6.07, 6.45) is 3.12. The van der Waals surface area contributed by atoms with Crippen molar-refractivity contribution in [2.45, 2.75) is 24.9 Å². The summed E-state index contributed by atoms with van der Waals surface area (Å²) in [5, 5.41) is 0.720. The first kappa shape index (κ1) is 23.9. The van der Waals surface area contributed by atoms with Crippen LogP contribution in [0.2, 0.25) is 0 Å². The number of esters is 1. The van der Waals surface area contributed by atoms with Crippen LogP contribution < -0.4 is 4.74 Å². The molecule has 0 atom stereocenters. The number of hydrogen-bond donors (Lipinski definition) is 0. The summed E-state index contributed by atoms with van der Waals surface area (Å²) in [5.41, 5.74) is 2.82. The maximum Gasteiger partial charge on any atom is 0.309 e. The third-order valence-electron chi connectivity index (χ3n) is 5.92. The van der Waals surface area contributed by atoms with Crippen LogP contribution in [0.4, 0.5) is 0 Å². The van der Waals surface area contributed by atoms with Crippen LogP contribution in [0.5, 0.6) is 5.75 Å². The molecule has 4 rings (SSSR count). The van der Waals surface area contributed by atoms with Gasteiger partial charge in [0.1, 0.15) is 5.75 Å². The third-order valence-corrected chi connectivity index (χ3v) is 6.85. The van der Waals surface area contributed by atoms with Crippen molar-refractivity contribution in [2.24, 2.45) is 5.92 Å². The zero-order chi connectivity index (χ0) is 23.9. The molecule has 7 nitrogen and oxygen atoms in total. The summed E-state index contributed by atoms with van der Waals surface area (Å²) in [6.45, 7) is 3.34. The van der Waals surface area contributed by atoms with E-state index >= 15 is 0 Å². The van der Waals surface area contributed by atoms with Crippen molar-refractivity contribution in [3.63, 3.8) is 0 Å². The molecule has 0 spiro atoms. The molecule has 178 valence electrons. The molecule has 1 amide bonds. The number of benzene rings is 2. The predicted octanol–water partition coefficient (Wildman–Crippen LogP) is 4.44. The Morgan fingerprint density at radius 3 is 2.47 bits per heavy atom. The summed E-state index contributed by atoms with van der Waals surface area (Å²) in [4.78, 5) is 31.4. The first-order chi connectivity index (χ1) is 16.6. The van der Waals surface area contributed by atoms with Gasteiger partial charge in [-0.05, 0) is 31.9 Å². The maximum atomic E-state index is 12.9. The van der Waals surface area contributed by atoms with Crippen LogP contribution in [0.3, 0.4) is 0 Å². The molecule has 1 aliphatic rings. The standard InChI is InChI=1S/C26H29N3O4S/c1-3-33-25(31)20-13-15-28(16-14-20)24(30)18-34-26-27-17-22(19-9-5-4-6-10-19)29(26)21-11-7-8-12-23(21)32-2/h4-12,17,20H,3,13-16,18H2,1-2H3. The Balaban J connectivity index is 1.51. The topological polar surface area (TPSA) is 73.7 Å². The summed E-state index contributed by atoms with van der Waals surface area (Å²) >= 11 is 1.41. The van der Waals surface area contributed by atoms with Crippen molar-refractivity contribution in [3.05, 3.63) is 60.8 Å². The maximum absolute atomic E-state index is 12.9. The van der Waals surface area contributed by atoms with E-state index in [9.17, 15) is 9.59 Å². The zero-order valence-corrected chi connectivity index (χ0v) is 20.3. The molecular formula is C26H29N3O4S. The highest BCUT2D eigenvalue weighted by molar-refractivity contribution is 7.99. The van der Waals surface area contributed by atoms with Gasteiger partial charge in [0.15, 0.2) is 5.16 Å². The summed E-state index contributed by atoms with van der Waals surface area (Å²) in [7, 11) is 1.65. The Labute approximate surface area is 204 Å². The number of rotatable bonds is 8. The molecular weight excluding hydrogens is 450 g/mol. The summed E-state index contributed by atoms with van der Waals surface area (Å²) in [5.74, 6) is 0.769. The fourth-order valence-electron chi connectivity index (χ4n) is 4.14. The van der Waals surface area contributed by atoms with E-state index in [0.29, 0.717) is 32.5 Å². The minimum atomic E-state index is -0.156. The molecule has 3 aromatic rings. The van der Waals surface area contributed by atoms with Gasteiger partial charge in [-0.3, -0.25) is 14.2 Å². The molecule has 0 aliphatic carbocycles. The Morgan fingerprint density at radius 2 is 1.76 bits per heavy atom. The van der Waals surface area contributed by atoms with Gasteiger partial charge < -0.3 is 14.4 Å². The monoisotopic (exact) mass is 479 g/mol. The number of methoxy groups -OCH3 is 1. The molecule has 0 radical (unpaired) electrons. The molecule has 0 N–H and O–H groups in total. The van der Waals surface area contributed by atoms with Crippen LogP contribution in [0, 0.1) is 5.92 Å². The second-order valence-corrected chi connectivity index (χ2v) is 8.94. The number of hydrogen-bond acceptors (Lipinski definition) is 6. The Morgan fingerprint density at radius 1 is 1.06 bits per heavy atom. The molecule has 1 aromatic heterocycles. The minimum absolute atomic E-state index is 0.0446. The fraction of sp³-hybridized carbons (Fsp3) is 0.346. The van der Waals surface area contributed by atoms with Crippen LogP contribution in [-0.2, 0) is 14.3 Å². The van der Waals surface area contributed by atoms with E-state index in [0.717, 1.165) is 27.9 Å². The second kappa shape index (κ2) is 11.2. The fourth-order valence-corrected chi connectivity index (χ4v) is 5.03. The second-order valence-electron chi connectivity index (χ2n) is 8.00. The first-order valence-electron chi connectivity index (χ1n) is 11.5. The number of likely N-dealkylation sites (tertiary alicyclic amines) is 1. The SMILES string of the molecule is CCOC(=O)C1CCN(C(=O)CSc2ncc(-c3ccccc3)n2-c2ccccc2OC)CC1. The van der Waals surface area contributed by atoms with E-state index < -0.39 is 0 Å². The number of carbonyl (C=O) groups is 2. The van der Waals surface area contributed by atoms with Gasteiger partial charge in [0.2, 0.25) is 5.91 Å². The molecule has 1 aliphatic heterocycles. The minimum Gasteiger partial charge on any atom is -0.495 e. The molecule has 1 saturated heterocycles. The van der Waals surface area contributed by atoms with E-state index in [1.165, 1.54) is 11.8 Å². The number of amides is 1. The lowest BCUT2D eigenvalue weighted by molar-refractivity contribution is -0.151. The van der Waals surface area contributed by atoms with Crippen LogP contribution >= 0.6 is 11.8 Å². The van der Waals surface area contributed by atoms with Gasteiger partial charge in [-0.15, -0.1) is 0 Å². The summed E-state index contributed by atoms with van der Waals surface area (Å²) in [6, 6.07) is 17.8. The molecule has 8 heteroatoms. The van der Waals surface area contributed by atoms with Crippen LogP contribution in [0.15, 0.2) is 66.0 Å². The number of thioether (sulfide) groups is 1. The highest BCUT2D eigenvalue weighted by Gasteiger charge is 2.28. The first-order valence-corrected chi connectivity index (χ1v) is 12.4. The number of carbonyl (C=O) groups excluding carboxylic acids is 2. The lowest BCUT2D eigenvalue weighted by Gasteiger charge is -2.30. The predicted molar refractivity (Wildman–Crippen MR) is 132 cm³/mol. The van der Waals surface area contributed by atoms with E-state index in [2.05, 4.69) is 4.98 Å². The Kier molecular flexibility index (Phi) is 7.90. The van der Waals surface area contributed by atoms with Gasteiger partial charge in [0, 0.05) is 18.7 Å². The Bertz CT molecular complexity index is 1120. The largest absolute Gasteiger partial charge is 0.495 e. The van der Waals surface area contributed by atoms with Crippen LogP contribution in [0.1, 0.15) is 19.8 Å². The average Bonchev–Trinajstić information content (AvgIpc) is 3.31. The molecule has 1 fully saturated rings. The van der Waals surface area contributed by atoms with Gasteiger partial charge in [0.05, 0.1) is 43.0 Å². The van der Waals surface area contributed by atoms with E-state index in [1.807, 2.05) is 77.2 Å². The molecule has 2 heterocycles. The van der Waals surface area contributed by atoms with Crippen molar-refractivity contribution >= 4 is 23.6 Å². The van der Waals surface area contributed by atoms with Gasteiger partial charge in [0.25, 0.3) is 0 Å². The molecule has 34 heavy (non-hydrogen) atoms. The van der Waals surface area contributed by atoms with E-state index in [4.69, 9.17) is 9.47 Å². The van der Waals surface area contributed by atoms with Crippen molar-refractivity contribution in [1.29, 1.82) is 0 Å². The molecule has 0 unspecified atom stereocenters. The van der Waals surface area contributed by atoms with Crippen molar-refractivity contribution in [1.82, 2.24) is 14.5 Å². The lowest BCUT2D eigenvalue weighted by Crippen LogP contribution is -2.41. The van der Waals surface area contributed by atoms with Crippen molar-refractivity contribution in [2.75, 3.05) is 32.6 Å². The smallest absolute Gasteiger partial charge is 0.309 e. The average molecular weight is 480 g/mol. The lowest BCUT2D eigenvalue weighted by atomic mass is 9.97. The highest BCUT2D eigenvalue weighted by atomic mass is 32.2. The van der Waals surface area contributed by atoms with Gasteiger partial charge in [-0.2, -0.15) is 0 Å². The Hall–Kier alpha value is -3.26. The molecule has 0 bridgehead atoms. The number of piperidine rings is 1. The van der Waals surface area contributed by atoms with Crippen molar-refractivity contribution < 1.29 is 19.1 Å². The van der Waals surface area contributed by atoms with E-state index in [1.54, 1.807) is 7.11 Å². The number of imidazole rings is 1. The molecule has 0 saturated carbocycles. The quantitative estimate of drug-likeness (QED) is 0.351. The van der Waals surface area contributed by atoms with Crippen LogP contribution in [0.25, 0.3) is 16.9 Å².